The summed E-state index contributed by atoms with van der Waals surface area (Å²) in [5.74, 6) is 0.785. The quantitative estimate of drug-likeness (QED) is 0.848. The Morgan fingerprint density at radius 3 is 2.61 bits per heavy atom. The van der Waals surface area contributed by atoms with E-state index >= 15 is 0 Å². The number of fused-ring (bicyclic) bond motifs is 1. The number of aliphatic hydroxyl groups is 1. The van der Waals surface area contributed by atoms with Gasteiger partial charge in [-0.1, -0.05) is 18.2 Å². The predicted molar refractivity (Wildman–Crippen MR) is 69.3 cm³/mol. The van der Waals surface area contributed by atoms with Crippen LogP contribution >= 0.6 is 0 Å². The lowest BCUT2D eigenvalue weighted by Crippen LogP contribution is -2.33. The molecule has 1 aromatic carbocycles. The normalized spacial score (nSPS) is 27.8. The van der Waals surface area contributed by atoms with E-state index in [-0.39, 0.29) is 18.4 Å². The third-order valence-corrected chi connectivity index (χ3v) is 4.00. The van der Waals surface area contributed by atoms with Gasteiger partial charge in [-0.25, -0.2) is 0 Å². The summed E-state index contributed by atoms with van der Waals surface area (Å²) in [4.78, 5) is 16.5. The van der Waals surface area contributed by atoms with Gasteiger partial charge in [-0.2, -0.15) is 0 Å². The largest absolute Gasteiger partial charge is 0.395 e. The van der Waals surface area contributed by atoms with Gasteiger partial charge in [0.15, 0.2) is 0 Å². The molecule has 2 aliphatic rings. The third-order valence-electron chi connectivity index (χ3n) is 4.00. The van der Waals surface area contributed by atoms with Crippen molar-refractivity contribution in [1.82, 2.24) is 4.90 Å². The molecule has 0 aromatic heterocycles. The van der Waals surface area contributed by atoms with Crippen LogP contribution in [-0.2, 0) is 4.79 Å². The van der Waals surface area contributed by atoms with E-state index in [0.29, 0.717) is 12.5 Å². The zero-order valence-electron chi connectivity index (χ0n) is 10.3. The van der Waals surface area contributed by atoms with E-state index in [1.54, 1.807) is 0 Å². The summed E-state index contributed by atoms with van der Waals surface area (Å²) < 4.78 is 0. The van der Waals surface area contributed by atoms with Crippen LogP contribution in [0.15, 0.2) is 30.3 Å². The van der Waals surface area contributed by atoms with Crippen LogP contribution in [0.5, 0.6) is 0 Å². The Kier molecular flexibility index (Phi) is 3.06. The van der Waals surface area contributed by atoms with Crippen LogP contribution in [0.25, 0.3) is 0 Å². The van der Waals surface area contributed by atoms with Gasteiger partial charge in [0.2, 0.25) is 5.91 Å². The SMILES string of the molecule is O=C1[C@@H]2CN(CCO)C[C@@H]2CN1c1ccccc1. The number of nitrogens with zero attached hydrogens (tertiary/aromatic N) is 2. The highest BCUT2D eigenvalue weighted by Crippen LogP contribution is 2.34. The number of para-hydroxylation sites is 1. The molecule has 2 aliphatic heterocycles. The lowest BCUT2D eigenvalue weighted by molar-refractivity contribution is -0.120. The van der Waals surface area contributed by atoms with Gasteiger partial charge in [0.1, 0.15) is 0 Å². The van der Waals surface area contributed by atoms with E-state index in [9.17, 15) is 4.79 Å². The zero-order chi connectivity index (χ0) is 12.5. The summed E-state index contributed by atoms with van der Waals surface area (Å²) in [6, 6.07) is 9.88. The Balaban J connectivity index is 1.73. The summed E-state index contributed by atoms with van der Waals surface area (Å²) in [7, 11) is 0. The zero-order valence-corrected chi connectivity index (χ0v) is 10.3. The molecule has 0 saturated carbocycles. The number of rotatable bonds is 3. The molecule has 0 aliphatic carbocycles. The third kappa shape index (κ3) is 1.91. The monoisotopic (exact) mass is 246 g/mol. The molecule has 2 atom stereocenters. The molecule has 2 fully saturated rings. The maximum absolute atomic E-state index is 12.4. The number of β-amino-alcohol motifs (C(OH)–C–C–N with tert-alkyl or cyclic N) is 1. The Bertz CT molecular complexity index is 435. The Labute approximate surface area is 107 Å². The summed E-state index contributed by atoms with van der Waals surface area (Å²) in [5.41, 5.74) is 1.01. The van der Waals surface area contributed by atoms with Gasteiger partial charge in [0, 0.05) is 37.8 Å². The van der Waals surface area contributed by atoms with Crippen LogP contribution in [0.1, 0.15) is 0 Å². The summed E-state index contributed by atoms with van der Waals surface area (Å²) in [6.45, 7) is 3.41. The number of carbonyl (C=O) groups excluding carboxylic acids is 1. The minimum Gasteiger partial charge on any atom is -0.395 e. The van der Waals surface area contributed by atoms with Crippen LogP contribution in [0.4, 0.5) is 5.69 Å². The van der Waals surface area contributed by atoms with Crippen molar-refractivity contribution in [2.45, 2.75) is 0 Å². The van der Waals surface area contributed by atoms with Gasteiger partial charge in [0.05, 0.1) is 12.5 Å². The van der Waals surface area contributed by atoms with Crippen molar-refractivity contribution in [2.24, 2.45) is 11.8 Å². The first kappa shape index (κ1) is 11.7. The van der Waals surface area contributed by atoms with Gasteiger partial charge in [-0.15, -0.1) is 0 Å². The van der Waals surface area contributed by atoms with Gasteiger partial charge in [-0.05, 0) is 12.1 Å². The topological polar surface area (TPSA) is 43.8 Å². The van der Waals surface area contributed by atoms with Gasteiger partial charge < -0.3 is 10.0 Å². The van der Waals surface area contributed by atoms with Crippen LogP contribution in [-0.4, -0.2) is 48.7 Å². The first-order chi connectivity index (χ1) is 8.79. The van der Waals surface area contributed by atoms with Crippen LogP contribution in [0.3, 0.4) is 0 Å². The number of hydrogen-bond donors (Lipinski definition) is 1. The van der Waals surface area contributed by atoms with Gasteiger partial charge in [0.25, 0.3) is 0 Å². The molecule has 2 heterocycles. The van der Waals surface area contributed by atoms with Gasteiger partial charge in [-0.3, -0.25) is 9.69 Å². The maximum atomic E-state index is 12.4. The fourth-order valence-corrected chi connectivity index (χ4v) is 3.11. The van der Waals surface area contributed by atoms with Crippen molar-refractivity contribution in [3.05, 3.63) is 30.3 Å². The molecule has 1 N–H and O–H groups in total. The highest BCUT2D eigenvalue weighted by molar-refractivity contribution is 5.98. The van der Waals surface area contributed by atoms with Gasteiger partial charge >= 0.3 is 0 Å². The number of likely N-dealkylation sites (tertiary alicyclic amines) is 1. The van der Waals surface area contributed by atoms with E-state index < -0.39 is 0 Å². The number of hydrogen-bond acceptors (Lipinski definition) is 3. The number of amides is 1. The average Bonchev–Trinajstić information content (AvgIpc) is 2.91. The first-order valence-corrected chi connectivity index (χ1v) is 6.49. The second-order valence-corrected chi connectivity index (χ2v) is 5.13. The van der Waals surface area contributed by atoms with E-state index in [4.69, 9.17) is 5.11 Å². The first-order valence-electron chi connectivity index (χ1n) is 6.49. The van der Waals surface area contributed by atoms with Crippen molar-refractivity contribution in [3.8, 4) is 0 Å². The number of anilines is 1. The van der Waals surface area contributed by atoms with Crippen molar-refractivity contribution < 1.29 is 9.90 Å². The summed E-state index contributed by atoms with van der Waals surface area (Å²) in [5, 5.41) is 8.95. The highest BCUT2D eigenvalue weighted by Gasteiger charge is 2.46. The summed E-state index contributed by atoms with van der Waals surface area (Å²) in [6.07, 6.45) is 0. The number of aliphatic hydroxyl groups excluding tert-OH is 1. The number of carbonyl (C=O) groups is 1. The van der Waals surface area contributed by atoms with Crippen LogP contribution in [0, 0.1) is 11.8 Å². The Morgan fingerprint density at radius 1 is 1.17 bits per heavy atom. The van der Waals surface area contributed by atoms with Crippen molar-refractivity contribution in [2.75, 3.05) is 37.7 Å². The maximum Gasteiger partial charge on any atom is 0.231 e. The molecule has 0 unspecified atom stereocenters. The Morgan fingerprint density at radius 2 is 1.94 bits per heavy atom. The molecule has 0 spiro atoms. The molecule has 0 bridgehead atoms. The molecule has 3 rings (SSSR count). The molecular formula is C14H18N2O2. The van der Waals surface area contributed by atoms with E-state index in [1.165, 1.54) is 0 Å². The molecule has 1 aromatic rings. The molecule has 1 amide bonds. The summed E-state index contributed by atoms with van der Waals surface area (Å²) >= 11 is 0. The average molecular weight is 246 g/mol. The fraction of sp³-hybridized carbons (Fsp3) is 0.500. The molecule has 2 saturated heterocycles. The second-order valence-electron chi connectivity index (χ2n) is 5.13. The van der Waals surface area contributed by atoms with Crippen LogP contribution < -0.4 is 4.90 Å². The molecule has 18 heavy (non-hydrogen) atoms. The number of benzene rings is 1. The van der Waals surface area contributed by atoms with Crippen molar-refractivity contribution in [3.63, 3.8) is 0 Å². The smallest absolute Gasteiger partial charge is 0.231 e. The second kappa shape index (κ2) is 4.71. The predicted octanol–water partition coefficient (Wildman–Crippen LogP) is 0.573. The van der Waals surface area contributed by atoms with E-state index in [0.717, 1.165) is 25.3 Å². The molecule has 4 nitrogen and oxygen atoms in total. The highest BCUT2D eigenvalue weighted by atomic mass is 16.3. The van der Waals surface area contributed by atoms with E-state index in [1.807, 2.05) is 35.2 Å². The van der Waals surface area contributed by atoms with Crippen molar-refractivity contribution in [1.29, 1.82) is 0 Å². The Hall–Kier alpha value is -1.39. The minimum atomic E-state index is 0.122. The molecule has 4 heteroatoms. The lowest BCUT2D eigenvalue weighted by Gasteiger charge is -2.21. The fourth-order valence-electron chi connectivity index (χ4n) is 3.11. The van der Waals surface area contributed by atoms with E-state index in [2.05, 4.69) is 4.90 Å². The molecule has 96 valence electrons. The van der Waals surface area contributed by atoms with Crippen LogP contribution in [0.2, 0.25) is 0 Å². The molecular weight excluding hydrogens is 228 g/mol. The van der Waals surface area contributed by atoms with Crippen molar-refractivity contribution >= 4 is 11.6 Å². The minimum absolute atomic E-state index is 0.122. The lowest BCUT2D eigenvalue weighted by atomic mass is 10.0. The standard InChI is InChI=1S/C14H18N2O2/c17-7-6-15-8-11-9-16(14(18)13(11)10-15)12-4-2-1-3-5-12/h1-5,11,13,17H,6-10H2/t11-,13-/m1/s1. The molecule has 0 radical (unpaired) electrons.